The first-order valence-corrected chi connectivity index (χ1v) is 8.01. The summed E-state index contributed by atoms with van der Waals surface area (Å²) >= 11 is 0. The Bertz CT molecular complexity index is 592. The Balaban J connectivity index is 0.00000338. The van der Waals surface area contributed by atoms with Gasteiger partial charge in [-0.25, -0.2) is 4.39 Å². The summed E-state index contributed by atoms with van der Waals surface area (Å²) in [5.41, 5.74) is 1.20. The normalized spacial score (nSPS) is 15.4. The van der Waals surface area contributed by atoms with Crippen LogP contribution in [0.5, 0.6) is 0 Å². The van der Waals surface area contributed by atoms with Crippen LogP contribution in [0, 0.1) is 5.82 Å². The molecule has 0 saturated carbocycles. The molecule has 5 nitrogen and oxygen atoms in total. The molecular weight excluding hydrogens is 467 g/mol. The molecule has 0 unspecified atom stereocenters. The fraction of sp³-hybridized carbons (Fsp3) is 0.562. The number of hydrogen-bond donors (Lipinski definition) is 2. The van der Waals surface area contributed by atoms with E-state index in [0.717, 1.165) is 0 Å². The van der Waals surface area contributed by atoms with Crippen LogP contribution in [0.2, 0.25) is 0 Å². The van der Waals surface area contributed by atoms with Gasteiger partial charge in [0, 0.05) is 33.2 Å². The minimum atomic E-state index is -4.22. The molecule has 0 bridgehead atoms. The van der Waals surface area contributed by atoms with Crippen molar-refractivity contribution in [2.24, 2.45) is 4.99 Å². The first-order chi connectivity index (χ1) is 11.9. The van der Waals surface area contributed by atoms with E-state index in [2.05, 4.69) is 15.6 Å². The van der Waals surface area contributed by atoms with Crippen LogP contribution in [-0.2, 0) is 11.3 Å². The summed E-state index contributed by atoms with van der Waals surface area (Å²) in [7, 11) is 1.46. The summed E-state index contributed by atoms with van der Waals surface area (Å²) in [5, 5.41) is 5.45. The summed E-state index contributed by atoms with van der Waals surface area (Å²) in [6.45, 7) is 2.42. The third kappa shape index (κ3) is 7.52. The predicted molar refractivity (Wildman–Crippen MR) is 104 cm³/mol. The average molecular weight is 490 g/mol. The fourth-order valence-corrected chi connectivity index (χ4v) is 2.45. The number of halogens is 5. The minimum Gasteiger partial charge on any atom is -0.378 e. The lowest BCUT2D eigenvalue weighted by Gasteiger charge is -2.29. The Morgan fingerprint density at radius 1 is 1.23 bits per heavy atom. The van der Waals surface area contributed by atoms with Crippen LogP contribution in [0.1, 0.15) is 12.0 Å². The second-order valence-corrected chi connectivity index (χ2v) is 5.60. The molecule has 2 N–H and O–H groups in total. The standard InChI is InChI=1S/C16H22F4N4O.HI/c1-21-15(22-5-4-16(18,19)20)23-11-12-2-3-14(13(17)10-12)24-6-8-25-9-7-24;/h2-3,10H,4-9,11H2,1H3,(H2,21,22,23);1H. The number of rotatable bonds is 5. The molecule has 10 heteroatoms. The predicted octanol–water partition coefficient (Wildman–Crippen LogP) is 2.90. The van der Waals surface area contributed by atoms with E-state index in [-0.39, 0.29) is 48.8 Å². The first-order valence-electron chi connectivity index (χ1n) is 8.01. The molecule has 1 aliphatic rings. The molecule has 0 amide bonds. The molecule has 148 valence electrons. The molecule has 1 aromatic rings. The zero-order chi connectivity index (χ0) is 18.3. The summed E-state index contributed by atoms with van der Waals surface area (Å²) < 4.78 is 56.0. The number of guanidine groups is 1. The summed E-state index contributed by atoms with van der Waals surface area (Å²) in [4.78, 5) is 5.77. The number of ether oxygens (including phenoxy) is 1. The van der Waals surface area contributed by atoms with Gasteiger partial charge in [-0.1, -0.05) is 6.07 Å². The van der Waals surface area contributed by atoms with Gasteiger partial charge in [0.2, 0.25) is 0 Å². The van der Waals surface area contributed by atoms with Crippen LogP contribution >= 0.6 is 24.0 Å². The number of anilines is 1. The second kappa shape index (κ2) is 10.8. The maximum atomic E-state index is 14.3. The van der Waals surface area contributed by atoms with Crippen molar-refractivity contribution in [1.82, 2.24) is 10.6 Å². The molecule has 1 aliphatic heterocycles. The average Bonchev–Trinajstić information content (AvgIpc) is 2.57. The van der Waals surface area contributed by atoms with Gasteiger partial charge in [-0.2, -0.15) is 13.2 Å². The zero-order valence-electron chi connectivity index (χ0n) is 14.4. The monoisotopic (exact) mass is 490 g/mol. The maximum absolute atomic E-state index is 14.3. The van der Waals surface area contributed by atoms with E-state index < -0.39 is 12.6 Å². The number of aliphatic imine (C=N–C) groups is 1. The molecule has 0 aromatic heterocycles. The van der Waals surface area contributed by atoms with Crippen LogP contribution in [-0.4, -0.2) is 52.0 Å². The van der Waals surface area contributed by atoms with Gasteiger partial charge in [-0.05, 0) is 17.7 Å². The van der Waals surface area contributed by atoms with Crippen molar-refractivity contribution < 1.29 is 22.3 Å². The van der Waals surface area contributed by atoms with E-state index in [1.54, 1.807) is 12.1 Å². The number of nitrogens with one attached hydrogen (secondary N) is 2. The first kappa shape index (κ1) is 22.7. The van der Waals surface area contributed by atoms with E-state index in [1.165, 1.54) is 13.1 Å². The molecule has 1 fully saturated rings. The minimum absolute atomic E-state index is 0. The summed E-state index contributed by atoms with van der Waals surface area (Å²) in [6.07, 6.45) is -5.17. The van der Waals surface area contributed by atoms with Gasteiger partial charge >= 0.3 is 6.18 Å². The highest BCUT2D eigenvalue weighted by Crippen LogP contribution is 2.21. The highest BCUT2D eigenvalue weighted by molar-refractivity contribution is 14.0. The van der Waals surface area contributed by atoms with Crippen molar-refractivity contribution in [2.45, 2.75) is 19.1 Å². The van der Waals surface area contributed by atoms with Gasteiger partial charge < -0.3 is 20.3 Å². The number of morpholine rings is 1. The largest absolute Gasteiger partial charge is 0.390 e. The maximum Gasteiger partial charge on any atom is 0.390 e. The van der Waals surface area contributed by atoms with Gasteiger partial charge in [-0.3, -0.25) is 4.99 Å². The van der Waals surface area contributed by atoms with Crippen LogP contribution in [0.15, 0.2) is 23.2 Å². The van der Waals surface area contributed by atoms with Crippen molar-refractivity contribution in [3.63, 3.8) is 0 Å². The van der Waals surface area contributed by atoms with E-state index in [9.17, 15) is 17.6 Å². The van der Waals surface area contributed by atoms with Crippen molar-refractivity contribution in [1.29, 1.82) is 0 Å². The lowest BCUT2D eigenvalue weighted by atomic mass is 10.1. The second-order valence-electron chi connectivity index (χ2n) is 5.60. The van der Waals surface area contributed by atoms with Crippen LogP contribution < -0.4 is 15.5 Å². The van der Waals surface area contributed by atoms with Crippen LogP contribution in [0.3, 0.4) is 0 Å². The van der Waals surface area contributed by atoms with Crippen molar-refractivity contribution in [2.75, 3.05) is 44.8 Å². The van der Waals surface area contributed by atoms with E-state index in [1.807, 2.05) is 4.90 Å². The number of benzene rings is 1. The fourth-order valence-electron chi connectivity index (χ4n) is 2.45. The molecule has 2 rings (SSSR count). The van der Waals surface area contributed by atoms with Gasteiger partial charge in [0.15, 0.2) is 5.96 Å². The molecular formula is C16H23F4IN4O. The zero-order valence-corrected chi connectivity index (χ0v) is 16.7. The Labute approximate surface area is 167 Å². The Kier molecular flexibility index (Phi) is 9.41. The summed E-state index contributed by atoms with van der Waals surface area (Å²) in [5.74, 6) is -0.0943. The third-order valence-electron chi connectivity index (χ3n) is 3.75. The Morgan fingerprint density at radius 2 is 1.92 bits per heavy atom. The Hall–Kier alpha value is -1.30. The number of alkyl halides is 3. The van der Waals surface area contributed by atoms with E-state index in [4.69, 9.17) is 4.74 Å². The molecule has 1 heterocycles. The third-order valence-corrected chi connectivity index (χ3v) is 3.75. The topological polar surface area (TPSA) is 48.9 Å². The van der Waals surface area contributed by atoms with Crippen molar-refractivity contribution in [3.8, 4) is 0 Å². The number of hydrogen-bond acceptors (Lipinski definition) is 3. The van der Waals surface area contributed by atoms with Gasteiger partial charge in [0.1, 0.15) is 5.82 Å². The lowest BCUT2D eigenvalue weighted by Crippen LogP contribution is -2.38. The van der Waals surface area contributed by atoms with Gasteiger partial charge in [0.25, 0.3) is 0 Å². The molecule has 0 atom stereocenters. The molecule has 0 radical (unpaired) electrons. The quantitative estimate of drug-likeness (QED) is 0.289. The Morgan fingerprint density at radius 3 is 2.50 bits per heavy atom. The molecule has 0 spiro atoms. The van der Waals surface area contributed by atoms with Crippen molar-refractivity contribution in [3.05, 3.63) is 29.6 Å². The molecule has 26 heavy (non-hydrogen) atoms. The lowest BCUT2D eigenvalue weighted by molar-refractivity contribution is -0.132. The van der Waals surface area contributed by atoms with Crippen LogP contribution in [0.25, 0.3) is 0 Å². The van der Waals surface area contributed by atoms with Crippen molar-refractivity contribution >= 4 is 35.6 Å². The van der Waals surface area contributed by atoms with Crippen LogP contribution in [0.4, 0.5) is 23.2 Å². The highest BCUT2D eigenvalue weighted by atomic mass is 127. The molecule has 1 aromatic carbocycles. The molecule has 1 saturated heterocycles. The summed E-state index contributed by atoms with van der Waals surface area (Å²) in [6, 6.07) is 4.90. The smallest absolute Gasteiger partial charge is 0.378 e. The SMILES string of the molecule is CN=C(NCCC(F)(F)F)NCc1ccc(N2CCOCC2)c(F)c1.I. The highest BCUT2D eigenvalue weighted by Gasteiger charge is 2.26. The van der Waals surface area contributed by atoms with E-state index >= 15 is 0 Å². The van der Waals surface area contributed by atoms with Gasteiger partial charge in [0.05, 0.1) is 25.3 Å². The number of nitrogens with zero attached hydrogens (tertiary/aromatic N) is 2. The molecule has 0 aliphatic carbocycles. The van der Waals surface area contributed by atoms with Gasteiger partial charge in [-0.15, -0.1) is 24.0 Å². The van der Waals surface area contributed by atoms with E-state index in [0.29, 0.717) is 37.6 Å².